The van der Waals surface area contributed by atoms with Gasteiger partial charge in [0.05, 0.1) is 11.5 Å². The summed E-state index contributed by atoms with van der Waals surface area (Å²) in [5.74, 6) is 0.570. The summed E-state index contributed by atoms with van der Waals surface area (Å²) in [6.45, 7) is 2.84. The van der Waals surface area contributed by atoms with Gasteiger partial charge in [-0.2, -0.15) is 0 Å². The van der Waals surface area contributed by atoms with Crippen molar-refractivity contribution in [2.75, 3.05) is 6.61 Å². The van der Waals surface area contributed by atoms with Crippen molar-refractivity contribution in [3.8, 4) is 5.75 Å². The molecule has 0 amide bonds. The fourth-order valence-electron chi connectivity index (χ4n) is 4.95. The molecule has 0 aliphatic heterocycles. The van der Waals surface area contributed by atoms with Crippen molar-refractivity contribution in [3.63, 3.8) is 0 Å². The Morgan fingerprint density at radius 1 is 0.641 bits per heavy atom. The van der Waals surface area contributed by atoms with Crippen LogP contribution in [0.5, 0.6) is 5.75 Å². The molecule has 39 heavy (non-hydrogen) atoms. The van der Waals surface area contributed by atoms with Crippen LogP contribution >= 0.6 is 0 Å². The van der Waals surface area contributed by atoms with Gasteiger partial charge in [-0.25, -0.2) is 12.8 Å². The summed E-state index contributed by atoms with van der Waals surface area (Å²) in [5.41, 5.74) is 0. The number of alkyl halides is 1. The van der Waals surface area contributed by atoms with Gasteiger partial charge in [0.2, 0.25) is 0 Å². The summed E-state index contributed by atoms with van der Waals surface area (Å²) >= 11 is 0. The van der Waals surface area contributed by atoms with Gasteiger partial charge in [-0.15, -0.1) is 0 Å². The number of benzene rings is 1. The Balaban J connectivity index is 0.0000144. The Bertz CT molecular complexity index is 758. The van der Waals surface area contributed by atoms with Crippen LogP contribution in [-0.2, 0) is 10.1 Å². The van der Waals surface area contributed by atoms with E-state index >= 15 is 0 Å². The van der Waals surface area contributed by atoms with Crippen LogP contribution in [0.15, 0.2) is 29.2 Å². The summed E-state index contributed by atoms with van der Waals surface area (Å²) in [7, 11) is -4.41. The average Bonchev–Trinajstić information content (AvgIpc) is 2.89. The zero-order chi connectivity index (χ0) is 27.7. The van der Waals surface area contributed by atoms with Crippen molar-refractivity contribution < 1.29 is 51.7 Å². The molecular formula is C32H56FNaO4S. The molecule has 7 heteroatoms. The number of ether oxygens (including phenoxy) is 1. The van der Waals surface area contributed by atoms with Crippen molar-refractivity contribution in [3.05, 3.63) is 24.3 Å². The van der Waals surface area contributed by atoms with Crippen LogP contribution in [0.3, 0.4) is 0 Å². The van der Waals surface area contributed by atoms with Gasteiger partial charge in [-0.3, -0.25) is 0 Å². The Morgan fingerprint density at radius 2 is 1.00 bits per heavy atom. The SMILES string of the molecule is CCCCCCCCCCCCCCCCCC(F)CCCCCCCCOc1ccc(S(=O)(=O)[O-])cc1.[Na+]. The van der Waals surface area contributed by atoms with Crippen LogP contribution < -0.4 is 34.3 Å². The molecule has 0 heterocycles. The topological polar surface area (TPSA) is 66.4 Å². The summed E-state index contributed by atoms with van der Waals surface area (Å²) in [5, 5.41) is 0. The molecule has 0 aliphatic carbocycles. The molecule has 0 spiro atoms. The second kappa shape index (κ2) is 26.7. The van der Waals surface area contributed by atoms with E-state index in [2.05, 4.69) is 6.92 Å². The molecule has 0 N–H and O–H groups in total. The molecule has 1 unspecified atom stereocenters. The molecular weight excluding hydrogens is 522 g/mol. The van der Waals surface area contributed by atoms with Gasteiger partial charge in [0.15, 0.2) is 0 Å². The van der Waals surface area contributed by atoms with Crippen LogP contribution in [0.4, 0.5) is 4.39 Å². The van der Waals surface area contributed by atoms with Crippen LogP contribution in [-0.4, -0.2) is 25.7 Å². The van der Waals surface area contributed by atoms with E-state index in [1.54, 1.807) is 0 Å². The number of hydrogen-bond acceptors (Lipinski definition) is 4. The van der Waals surface area contributed by atoms with E-state index in [0.29, 0.717) is 18.8 Å². The molecule has 0 saturated heterocycles. The van der Waals surface area contributed by atoms with E-state index in [1.807, 2.05) is 0 Å². The molecule has 4 nitrogen and oxygen atoms in total. The first-order valence-corrected chi connectivity index (χ1v) is 17.2. The maximum atomic E-state index is 14.1. The van der Waals surface area contributed by atoms with Crippen LogP contribution in [0, 0.1) is 0 Å². The van der Waals surface area contributed by atoms with E-state index in [9.17, 15) is 17.4 Å². The second-order valence-corrected chi connectivity index (χ2v) is 12.4. The number of unbranched alkanes of at least 4 members (excludes halogenated alkanes) is 19. The van der Waals surface area contributed by atoms with Gasteiger partial charge < -0.3 is 9.29 Å². The number of halogens is 1. The van der Waals surface area contributed by atoms with Gasteiger partial charge in [0.1, 0.15) is 22.0 Å². The smallest absolute Gasteiger partial charge is 0.744 e. The first-order valence-electron chi connectivity index (χ1n) is 15.8. The molecule has 0 bridgehead atoms. The largest absolute Gasteiger partial charge is 1.00 e. The molecule has 222 valence electrons. The molecule has 1 aromatic rings. The minimum atomic E-state index is -4.41. The van der Waals surface area contributed by atoms with Gasteiger partial charge in [0.25, 0.3) is 0 Å². The van der Waals surface area contributed by atoms with Crippen molar-refractivity contribution >= 4 is 10.1 Å². The van der Waals surface area contributed by atoms with Crippen molar-refractivity contribution in [2.24, 2.45) is 0 Å². The summed E-state index contributed by atoms with van der Waals surface area (Å²) < 4.78 is 52.5. The molecule has 1 rings (SSSR count). The minimum absolute atomic E-state index is 0. The van der Waals surface area contributed by atoms with E-state index in [1.165, 1.54) is 114 Å². The summed E-state index contributed by atoms with van der Waals surface area (Å²) in [4.78, 5) is -0.241. The van der Waals surface area contributed by atoms with E-state index in [-0.39, 0.29) is 34.5 Å². The monoisotopic (exact) mass is 578 g/mol. The molecule has 0 radical (unpaired) electrons. The van der Waals surface area contributed by atoms with Crippen molar-refractivity contribution in [2.45, 2.75) is 166 Å². The van der Waals surface area contributed by atoms with Crippen molar-refractivity contribution in [1.29, 1.82) is 0 Å². The fourth-order valence-corrected chi connectivity index (χ4v) is 5.42. The van der Waals surface area contributed by atoms with E-state index in [4.69, 9.17) is 4.74 Å². The molecule has 0 aromatic heterocycles. The molecule has 0 saturated carbocycles. The normalized spacial score (nSPS) is 12.3. The van der Waals surface area contributed by atoms with Crippen LogP contribution in [0.1, 0.15) is 155 Å². The Kier molecular flexibility index (Phi) is 26.6. The predicted octanol–water partition coefficient (Wildman–Crippen LogP) is 7.30. The Hall–Kier alpha value is -0.140. The van der Waals surface area contributed by atoms with Gasteiger partial charge >= 0.3 is 29.6 Å². The maximum Gasteiger partial charge on any atom is 1.00 e. The third kappa shape index (κ3) is 24.2. The Morgan fingerprint density at radius 3 is 1.38 bits per heavy atom. The summed E-state index contributed by atoms with van der Waals surface area (Å²) in [6, 6.07) is 5.57. The van der Waals surface area contributed by atoms with Gasteiger partial charge in [-0.05, 0) is 43.5 Å². The average molecular weight is 579 g/mol. The number of rotatable bonds is 27. The minimum Gasteiger partial charge on any atom is -0.744 e. The molecule has 0 aliphatic rings. The van der Waals surface area contributed by atoms with Crippen molar-refractivity contribution in [1.82, 2.24) is 0 Å². The first-order chi connectivity index (χ1) is 18.4. The van der Waals surface area contributed by atoms with E-state index < -0.39 is 16.3 Å². The first kappa shape index (κ1) is 38.9. The molecule has 0 fully saturated rings. The fraction of sp³-hybridized carbons (Fsp3) is 0.812. The zero-order valence-electron chi connectivity index (χ0n) is 25.3. The second-order valence-electron chi connectivity index (χ2n) is 11.0. The third-order valence-corrected chi connectivity index (χ3v) is 8.26. The van der Waals surface area contributed by atoms with Gasteiger partial charge in [-0.1, -0.05) is 135 Å². The van der Waals surface area contributed by atoms with E-state index in [0.717, 1.165) is 51.4 Å². The van der Waals surface area contributed by atoms with Crippen LogP contribution in [0.2, 0.25) is 0 Å². The maximum absolute atomic E-state index is 14.1. The zero-order valence-corrected chi connectivity index (χ0v) is 28.1. The predicted molar refractivity (Wildman–Crippen MR) is 157 cm³/mol. The van der Waals surface area contributed by atoms with Crippen LogP contribution in [0.25, 0.3) is 0 Å². The summed E-state index contributed by atoms with van der Waals surface area (Å²) in [6.07, 6.45) is 27.3. The molecule has 1 atom stereocenters. The molecule has 1 aromatic carbocycles. The van der Waals surface area contributed by atoms with Gasteiger partial charge in [0, 0.05) is 0 Å². The Labute approximate surface area is 262 Å². The number of hydrogen-bond donors (Lipinski definition) is 0. The third-order valence-electron chi connectivity index (χ3n) is 7.41. The quantitative estimate of drug-likeness (QED) is 0.0624. The standard InChI is InChI=1S/C32H57FO4S.Na/c1-2-3-4-5-6-7-8-9-10-11-12-13-14-17-20-23-30(33)24-21-18-15-16-19-22-29-37-31-25-27-32(28-26-31)38(34,35)36;/h25-28,30H,2-24,29H2,1H3,(H,34,35,36);/q;+1/p-1.